The quantitative estimate of drug-likeness (QED) is 0.808. The molecule has 0 aliphatic rings. The maximum absolute atomic E-state index is 8.99. The number of fused-ring (bicyclic) bond motifs is 1. The highest BCUT2D eigenvalue weighted by Gasteiger charge is 2.04. The molecule has 1 aromatic carbocycles. The number of hydrogen-bond donors (Lipinski definition) is 2. The Kier molecular flexibility index (Phi) is 2.99. The van der Waals surface area contributed by atoms with Crippen LogP contribution in [0.1, 0.15) is 5.56 Å². The first-order valence-corrected chi connectivity index (χ1v) is 5.08. The summed E-state index contributed by atoms with van der Waals surface area (Å²) in [5.41, 5.74) is 6.10. The lowest BCUT2D eigenvalue weighted by molar-refractivity contribution is 1.01. The molecule has 1 aromatic heterocycles. The second-order valence-electron chi connectivity index (χ2n) is 3.39. The van der Waals surface area contributed by atoms with Crippen LogP contribution in [0.3, 0.4) is 0 Å². The van der Waals surface area contributed by atoms with Crippen molar-refractivity contribution in [1.29, 1.82) is 5.26 Å². The fraction of sp³-hybridized carbons (Fsp3) is 0.167. The van der Waals surface area contributed by atoms with E-state index in [2.05, 4.69) is 16.4 Å². The first-order chi connectivity index (χ1) is 7.86. The van der Waals surface area contributed by atoms with Gasteiger partial charge in [0.05, 0.1) is 11.6 Å². The molecular weight excluding hydrogens is 200 g/mol. The van der Waals surface area contributed by atoms with Crippen molar-refractivity contribution in [3.8, 4) is 6.07 Å². The molecule has 0 saturated heterocycles. The monoisotopic (exact) mass is 212 g/mol. The minimum Gasteiger partial charge on any atom is -0.368 e. The van der Waals surface area contributed by atoms with E-state index >= 15 is 0 Å². The number of nitriles is 1. The summed E-state index contributed by atoms with van der Waals surface area (Å²) in [4.78, 5) is 4.24. The number of anilines is 1. The molecule has 3 N–H and O–H groups in total. The number of rotatable bonds is 3. The first kappa shape index (κ1) is 10.4. The van der Waals surface area contributed by atoms with Gasteiger partial charge in [-0.3, -0.25) is 0 Å². The second-order valence-corrected chi connectivity index (χ2v) is 3.39. The van der Waals surface area contributed by atoms with Crippen LogP contribution in [0.15, 0.2) is 30.5 Å². The normalized spacial score (nSPS) is 10.0. The Balaban J connectivity index is 2.56. The zero-order valence-corrected chi connectivity index (χ0v) is 8.77. The average molecular weight is 212 g/mol. The molecule has 16 heavy (non-hydrogen) atoms. The van der Waals surface area contributed by atoms with Crippen molar-refractivity contribution < 1.29 is 0 Å². The van der Waals surface area contributed by atoms with Crippen LogP contribution in [-0.4, -0.2) is 18.1 Å². The summed E-state index contributed by atoms with van der Waals surface area (Å²) in [5, 5.41) is 14.0. The maximum Gasteiger partial charge on any atom is 0.133 e. The van der Waals surface area contributed by atoms with Gasteiger partial charge < -0.3 is 11.1 Å². The van der Waals surface area contributed by atoms with E-state index in [0.717, 1.165) is 16.6 Å². The predicted octanol–water partition coefficient (Wildman–Crippen LogP) is 1.48. The van der Waals surface area contributed by atoms with Crippen LogP contribution in [0.5, 0.6) is 0 Å². The summed E-state index contributed by atoms with van der Waals surface area (Å²) in [7, 11) is 0. The fourth-order valence-electron chi connectivity index (χ4n) is 1.64. The van der Waals surface area contributed by atoms with Crippen molar-refractivity contribution in [2.45, 2.75) is 0 Å². The molecule has 2 rings (SSSR count). The van der Waals surface area contributed by atoms with Crippen LogP contribution in [0.2, 0.25) is 0 Å². The Morgan fingerprint density at radius 3 is 2.94 bits per heavy atom. The minimum absolute atomic E-state index is 0.552. The Morgan fingerprint density at radius 1 is 1.31 bits per heavy atom. The van der Waals surface area contributed by atoms with E-state index in [1.807, 2.05) is 18.2 Å². The van der Waals surface area contributed by atoms with Crippen LogP contribution in [0.4, 0.5) is 5.82 Å². The number of pyridine rings is 1. The van der Waals surface area contributed by atoms with E-state index in [1.54, 1.807) is 12.3 Å². The van der Waals surface area contributed by atoms with Gasteiger partial charge in [0.25, 0.3) is 0 Å². The Bertz CT molecular complexity index is 542. The number of aromatic nitrogens is 1. The minimum atomic E-state index is 0.552. The molecule has 1 heterocycles. The Morgan fingerprint density at radius 2 is 2.19 bits per heavy atom. The summed E-state index contributed by atoms with van der Waals surface area (Å²) >= 11 is 0. The lowest BCUT2D eigenvalue weighted by Gasteiger charge is -2.07. The van der Waals surface area contributed by atoms with Crippen molar-refractivity contribution in [1.82, 2.24) is 4.98 Å². The van der Waals surface area contributed by atoms with Gasteiger partial charge in [0.1, 0.15) is 5.82 Å². The molecule has 0 unspecified atom stereocenters. The summed E-state index contributed by atoms with van der Waals surface area (Å²) in [6.07, 6.45) is 1.70. The summed E-state index contributed by atoms with van der Waals surface area (Å²) < 4.78 is 0. The molecule has 0 fully saturated rings. The molecule has 0 aliphatic carbocycles. The summed E-state index contributed by atoms with van der Waals surface area (Å²) in [6, 6.07) is 9.63. The zero-order chi connectivity index (χ0) is 11.4. The molecule has 0 radical (unpaired) electrons. The van der Waals surface area contributed by atoms with E-state index in [0.29, 0.717) is 18.7 Å². The number of benzene rings is 1. The molecule has 0 spiro atoms. The van der Waals surface area contributed by atoms with Gasteiger partial charge >= 0.3 is 0 Å². The van der Waals surface area contributed by atoms with Crippen LogP contribution < -0.4 is 11.1 Å². The molecule has 80 valence electrons. The van der Waals surface area contributed by atoms with Crippen LogP contribution >= 0.6 is 0 Å². The molecular formula is C12H12N4. The third-order valence-electron chi connectivity index (χ3n) is 2.36. The molecule has 0 amide bonds. The number of hydrogen-bond acceptors (Lipinski definition) is 4. The third-order valence-corrected chi connectivity index (χ3v) is 2.36. The zero-order valence-electron chi connectivity index (χ0n) is 8.77. The van der Waals surface area contributed by atoms with Crippen LogP contribution in [0.25, 0.3) is 10.8 Å². The smallest absolute Gasteiger partial charge is 0.133 e. The van der Waals surface area contributed by atoms with Gasteiger partial charge in [-0.2, -0.15) is 5.26 Å². The Labute approximate surface area is 93.7 Å². The molecule has 0 atom stereocenters. The van der Waals surface area contributed by atoms with Gasteiger partial charge in [-0.05, 0) is 12.1 Å². The maximum atomic E-state index is 8.99. The van der Waals surface area contributed by atoms with Gasteiger partial charge in [-0.15, -0.1) is 0 Å². The van der Waals surface area contributed by atoms with E-state index in [4.69, 9.17) is 11.0 Å². The fourth-order valence-corrected chi connectivity index (χ4v) is 1.64. The molecule has 0 aliphatic heterocycles. The highest BCUT2D eigenvalue weighted by Crippen LogP contribution is 2.23. The van der Waals surface area contributed by atoms with Crippen molar-refractivity contribution in [2.75, 3.05) is 18.4 Å². The summed E-state index contributed by atoms with van der Waals surface area (Å²) in [5.74, 6) is 0.778. The van der Waals surface area contributed by atoms with Crippen molar-refractivity contribution in [3.63, 3.8) is 0 Å². The lowest BCUT2D eigenvalue weighted by Crippen LogP contribution is -2.14. The van der Waals surface area contributed by atoms with Gasteiger partial charge in [0.15, 0.2) is 0 Å². The number of nitrogens with one attached hydrogen (secondary N) is 1. The highest BCUT2D eigenvalue weighted by molar-refractivity contribution is 5.95. The molecule has 0 bridgehead atoms. The van der Waals surface area contributed by atoms with E-state index in [1.165, 1.54) is 0 Å². The van der Waals surface area contributed by atoms with Gasteiger partial charge in [0, 0.05) is 30.1 Å². The number of nitrogens with zero attached hydrogens (tertiary/aromatic N) is 2. The van der Waals surface area contributed by atoms with Crippen molar-refractivity contribution >= 4 is 16.6 Å². The van der Waals surface area contributed by atoms with Crippen molar-refractivity contribution in [2.24, 2.45) is 5.73 Å². The lowest BCUT2D eigenvalue weighted by atomic mass is 10.1. The largest absolute Gasteiger partial charge is 0.368 e. The Hall–Kier alpha value is -2.12. The number of nitrogens with two attached hydrogens (primary N) is 1. The van der Waals surface area contributed by atoms with Crippen LogP contribution in [-0.2, 0) is 0 Å². The highest BCUT2D eigenvalue weighted by atomic mass is 15.0. The van der Waals surface area contributed by atoms with E-state index in [-0.39, 0.29) is 0 Å². The third kappa shape index (κ3) is 1.81. The predicted molar refractivity (Wildman–Crippen MR) is 64.0 cm³/mol. The molecule has 4 heteroatoms. The first-order valence-electron chi connectivity index (χ1n) is 5.08. The topological polar surface area (TPSA) is 74.7 Å². The van der Waals surface area contributed by atoms with E-state index < -0.39 is 0 Å². The molecule has 2 aromatic rings. The average Bonchev–Trinajstić information content (AvgIpc) is 2.35. The van der Waals surface area contributed by atoms with Gasteiger partial charge in [-0.25, -0.2) is 4.98 Å². The van der Waals surface area contributed by atoms with Gasteiger partial charge in [-0.1, -0.05) is 12.1 Å². The van der Waals surface area contributed by atoms with Crippen molar-refractivity contribution in [3.05, 3.63) is 36.0 Å². The SMILES string of the molecule is N#Cc1cccc2c(NCCN)nccc12. The molecule has 4 nitrogen and oxygen atoms in total. The second kappa shape index (κ2) is 4.60. The standard InChI is InChI=1S/C12H12N4/c13-5-7-16-12-11-3-1-2-9(8-14)10(11)4-6-15-12/h1-4,6H,5,7,13H2,(H,15,16). The van der Waals surface area contributed by atoms with Gasteiger partial charge in [0.2, 0.25) is 0 Å². The van der Waals surface area contributed by atoms with E-state index in [9.17, 15) is 0 Å². The van der Waals surface area contributed by atoms with Crippen LogP contribution in [0, 0.1) is 11.3 Å². The molecule has 0 saturated carbocycles. The summed E-state index contributed by atoms with van der Waals surface area (Å²) in [6.45, 7) is 1.22.